The highest BCUT2D eigenvalue weighted by Gasteiger charge is 2.20. The van der Waals surface area contributed by atoms with Crippen LogP contribution in [0.4, 0.5) is 0 Å². The van der Waals surface area contributed by atoms with Gasteiger partial charge in [0.15, 0.2) is 5.78 Å². The lowest BCUT2D eigenvalue weighted by atomic mass is 10.0. The average molecular weight is 303 g/mol. The summed E-state index contributed by atoms with van der Waals surface area (Å²) in [5.41, 5.74) is 2.90. The molecule has 1 aromatic heterocycles. The maximum atomic E-state index is 12.6. The minimum Gasteiger partial charge on any atom is -0.293 e. The van der Waals surface area contributed by atoms with Gasteiger partial charge in [0, 0.05) is 11.5 Å². The molecule has 0 spiro atoms. The number of aromatic amines is 1. The molecule has 1 unspecified atom stereocenters. The SMILES string of the molecule is Cc1ccc(C)c(C(=O)C(C)Sc2n[nH]c(C(C)C)n2)c1. The van der Waals surface area contributed by atoms with E-state index in [0.717, 1.165) is 22.5 Å². The number of nitrogens with one attached hydrogen (secondary N) is 1. The van der Waals surface area contributed by atoms with Gasteiger partial charge in [0.1, 0.15) is 5.82 Å². The number of hydrogen-bond acceptors (Lipinski definition) is 4. The van der Waals surface area contributed by atoms with Crippen LogP contribution in [0.15, 0.2) is 23.4 Å². The van der Waals surface area contributed by atoms with E-state index in [1.807, 2.05) is 39.0 Å². The summed E-state index contributed by atoms with van der Waals surface area (Å²) in [7, 11) is 0. The topological polar surface area (TPSA) is 58.6 Å². The third kappa shape index (κ3) is 3.73. The Morgan fingerprint density at radius 1 is 1.24 bits per heavy atom. The maximum Gasteiger partial charge on any atom is 0.209 e. The molecule has 1 heterocycles. The van der Waals surface area contributed by atoms with Crippen LogP contribution in [0.5, 0.6) is 0 Å². The molecule has 1 N–H and O–H groups in total. The Morgan fingerprint density at radius 2 is 1.95 bits per heavy atom. The Morgan fingerprint density at radius 3 is 2.57 bits per heavy atom. The number of carbonyl (C=O) groups is 1. The summed E-state index contributed by atoms with van der Waals surface area (Å²) in [6.45, 7) is 9.98. The van der Waals surface area contributed by atoms with E-state index in [1.54, 1.807) is 0 Å². The first-order chi connectivity index (χ1) is 9.88. The van der Waals surface area contributed by atoms with Crippen LogP contribution in [0.3, 0.4) is 0 Å². The van der Waals surface area contributed by atoms with Crippen molar-refractivity contribution < 1.29 is 4.79 Å². The summed E-state index contributed by atoms with van der Waals surface area (Å²) in [5.74, 6) is 1.28. The van der Waals surface area contributed by atoms with Crippen LogP contribution in [-0.2, 0) is 0 Å². The van der Waals surface area contributed by atoms with Crippen LogP contribution in [0.25, 0.3) is 0 Å². The highest BCUT2D eigenvalue weighted by atomic mass is 32.2. The molecule has 0 bridgehead atoms. The number of hydrogen-bond donors (Lipinski definition) is 1. The number of H-pyrrole nitrogens is 1. The van der Waals surface area contributed by atoms with Crippen molar-refractivity contribution in [3.05, 3.63) is 40.7 Å². The van der Waals surface area contributed by atoms with Gasteiger partial charge in [0.05, 0.1) is 5.25 Å². The fourth-order valence-corrected chi connectivity index (χ4v) is 2.80. The summed E-state index contributed by atoms with van der Waals surface area (Å²) in [6.07, 6.45) is 0. The van der Waals surface area contributed by atoms with Crippen LogP contribution < -0.4 is 0 Å². The number of aryl methyl sites for hydroxylation is 2. The molecule has 0 saturated heterocycles. The van der Waals surface area contributed by atoms with Crippen molar-refractivity contribution in [2.45, 2.75) is 50.9 Å². The van der Waals surface area contributed by atoms with E-state index in [9.17, 15) is 4.79 Å². The van der Waals surface area contributed by atoms with Crippen molar-refractivity contribution in [1.82, 2.24) is 15.2 Å². The molecule has 0 aliphatic carbocycles. The van der Waals surface area contributed by atoms with E-state index in [1.165, 1.54) is 11.8 Å². The van der Waals surface area contributed by atoms with Crippen molar-refractivity contribution in [2.24, 2.45) is 0 Å². The molecule has 112 valence electrons. The lowest BCUT2D eigenvalue weighted by Gasteiger charge is -2.11. The van der Waals surface area contributed by atoms with Crippen molar-refractivity contribution in [3.63, 3.8) is 0 Å². The molecule has 2 rings (SSSR count). The van der Waals surface area contributed by atoms with Gasteiger partial charge in [-0.15, -0.1) is 5.10 Å². The molecule has 4 nitrogen and oxygen atoms in total. The first kappa shape index (κ1) is 15.8. The summed E-state index contributed by atoms with van der Waals surface area (Å²) >= 11 is 1.40. The lowest BCUT2D eigenvalue weighted by molar-refractivity contribution is 0.0993. The van der Waals surface area contributed by atoms with Gasteiger partial charge < -0.3 is 0 Å². The third-order valence-electron chi connectivity index (χ3n) is 3.34. The van der Waals surface area contributed by atoms with E-state index in [4.69, 9.17) is 0 Å². The highest BCUT2D eigenvalue weighted by Crippen LogP contribution is 2.25. The minimum atomic E-state index is -0.207. The molecule has 0 aliphatic rings. The van der Waals surface area contributed by atoms with Crippen LogP contribution in [-0.4, -0.2) is 26.2 Å². The number of aromatic nitrogens is 3. The average Bonchev–Trinajstić information content (AvgIpc) is 2.89. The lowest BCUT2D eigenvalue weighted by Crippen LogP contribution is -2.15. The number of ketones is 1. The Balaban J connectivity index is 2.13. The molecule has 0 aliphatic heterocycles. The molecule has 5 heteroatoms. The Kier molecular flexibility index (Phi) is 4.83. The quantitative estimate of drug-likeness (QED) is 0.672. The fourth-order valence-electron chi connectivity index (χ4n) is 2.00. The zero-order valence-electron chi connectivity index (χ0n) is 13.1. The Hall–Kier alpha value is -1.62. The zero-order valence-corrected chi connectivity index (χ0v) is 13.9. The normalized spacial score (nSPS) is 12.7. The van der Waals surface area contributed by atoms with E-state index in [0.29, 0.717) is 11.1 Å². The van der Waals surface area contributed by atoms with Gasteiger partial charge in [-0.05, 0) is 32.4 Å². The molecule has 1 atom stereocenters. The van der Waals surface area contributed by atoms with Gasteiger partial charge in [-0.2, -0.15) is 0 Å². The fraction of sp³-hybridized carbons (Fsp3) is 0.438. The maximum absolute atomic E-state index is 12.6. The van der Waals surface area contributed by atoms with Crippen LogP contribution in [0.2, 0.25) is 0 Å². The standard InChI is InChI=1S/C16H21N3OS/c1-9(2)15-17-16(19-18-15)21-12(5)14(20)13-8-10(3)6-7-11(13)4/h6-9,12H,1-5H3,(H,17,18,19). The first-order valence-corrected chi connectivity index (χ1v) is 7.97. The predicted octanol–water partition coefficient (Wildman–Crippen LogP) is 3.91. The summed E-state index contributed by atoms with van der Waals surface area (Å²) in [6, 6.07) is 5.96. The second-order valence-electron chi connectivity index (χ2n) is 5.60. The van der Waals surface area contributed by atoms with Gasteiger partial charge in [-0.25, -0.2) is 4.98 Å². The van der Waals surface area contributed by atoms with Gasteiger partial charge >= 0.3 is 0 Å². The molecule has 0 saturated carbocycles. The van der Waals surface area contributed by atoms with Gasteiger partial charge in [0.25, 0.3) is 0 Å². The zero-order chi connectivity index (χ0) is 15.6. The Bertz CT molecular complexity index is 649. The van der Waals surface area contributed by atoms with Crippen molar-refractivity contribution in [1.29, 1.82) is 0 Å². The smallest absolute Gasteiger partial charge is 0.209 e. The number of rotatable bonds is 5. The predicted molar refractivity (Wildman–Crippen MR) is 86.0 cm³/mol. The van der Waals surface area contributed by atoms with Gasteiger partial charge in [-0.3, -0.25) is 9.89 Å². The number of benzene rings is 1. The first-order valence-electron chi connectivity index (χ1n) is 7.09. The van der Waals surface area contributed by atoms with E-state index >= 15 is 0 Å². The van der Waals surface area contributed by atoms with Gasteiger partial charge in [-0.1, -0.05) is 43.3 Å². The molecule has 2 aromatic rings. The van der Waals surface area contributed by atoms with Crippen LogP contribution in [0, 0.1) is 13.8 Å². The monoisotopic (exact) mass is 303 g/mol. The summed E-state index contributed by atoms with van der Waals surface area (Å²) in [4.78, 5) is 17.0. The molecule has 21 heavy (non-hydrogen) atoms. The second kappa shape index (κ2) is 6.43. The van der Waals surface area contributed by atoms with Crippen molar-refractivity contribution in [3.8, 4) is 0 Å². The second-order valence-corrected chi connectivity index (χ2v) is 6.91. The van der Waals surface area contributed by atoms with Gasteiger partial charge in [0.2, 0.25) is 5.16 Å². The summed E-state index contributed by atoms with van der Waals surface area (Å²) < 4.78 is 0. The molecular weight excluding hydrogens is 282 g/mol. The molecular formula is C16H21N3OS. The molecule has 0 radical (unpaired) electrons. The van der Waals surface area contributed by atoms with E-state index < -0.39 is 0 Å². The van der Waals surface area contributed by atoms with Crippen molar-refractivity contribution >= 4 is 17.5 Å². The van der Waals surface area contributed by atoms with E-state index in [2.05, 4.69) is 29.0 Å². The highest BCUT2D eigenvalue weighted by molar-refractivity contribution is 8.00. The summed E-state index contributed by atoms with van der Waals surface area (Å²) in [5, 5.41) is 7.51. The van der Waals surface area contributed by atoms with E-state index in [-0.39, 0.29) is 11.0 Å². The van der Waals surface area contributed by atoms with Crippen LogP contribution in [0.1, 0.15) is 54.0 Å². The molecule has 0 amide bonds. The number of carbonyl (C=O) groups excluding carboxylic acids is 1. The van der Waals surface area contributed by atoms with Crippen molar-refractivity contribution in [2.75, 3.05) is 0 Å². The largest absolute Gasteiger partial charge is 0.293 e. The number of nitrogens with zero attached hydrogens (tertiary/aromatic N) is 2. The minimum absolute atomic E-state index is 0.122. The third-order valence-corrected chi connectivity index (χ3v) is 4.30. The molecule has 0 fully saturated rings. The number of thioether (sulfide) groups is 1. The molecule has 1 aromatic carbocycles. The van der Waals surface area contributed by atoms with Crippen LogP contribution >= 0.6 is 11.8 Å². The Labute approximate surface area is 129 Å². The number of Topliss-reactive ketones (excluding diaryl/α,β-unsaturated/α-hetero) is 1.